The molecule has 0 atom stereocenters. The van der Waals surface area contributed by atoms with Crippen molar-refractivity contribution in [3.63, 3.8) is 0 Å². The third-order valence-electron chi connectivity index (χ3n) is 2.45. The quantitative estimate of drug-likeness (QED) is 0.744. The zero-order valence-corrected chi connectivity index (χ0v) is 11.1. The van der Waals surface area contributed by atoms with E-state index in [1.54, 1.807) is 19.9 Å². The molecule has 0 heterocycles. The molecule has 0 aliphatic rings. The summed E-state index contributed by atoms with van der Waals surface area (Å²) in [4.78, 5) is 22.6. The molecule has 1 rings (SSSR count). The van der Waals surface area contributed by atoms with E-state index in [2.05, 4.69) is 0 Å². The van der Waals surface area contributed by atoms with Gasteiger partial charge in [0.25, 0.3) is 0 Å². The van der Waals surface area contributed by atoms with Crippen LogP contribution in [0.5, 0.6) is 0 Å². The van der Waals surface area contributed by atoms with E-state index in [4.69, 9.17) is 9.47 Å². The zero-order chi connectivity index (χ0) is 14.3. The van der Waals surface area contributed by atoms with Gasteiger partial charge in [0, 0.05) is 6.42 Å². The molecule has 0 spiro atoms. The first-order chi connectivity index (χ1) is 9.08. The highest BCUT2D eigenvalue weighted by Crippen LogP contribution is 2.13. The molecule has 1 aromatic carbocycles. The predicted octanol–water partition coefficient (Wildman–Crippen LogP) is 2.50. The molecule has 19 heavy (non-hydrogen) atoms. The highest BCUT2D eigenvalue weighted by molar-refractivity contribution is 5.89. The summed E-state index contributed by atoms with van der Waals surface area (Å²) >= 11 is 0. The monoisotopic (exact) mass is 268 g/mol. The lowest BCUT2D eigenvalue weighted by Crippen LogP contribution is -2.08. The first kappa shape index (κ1) is 15.1. The molecule has 4 nitrogen and oxygen atoms in total. The molecule has 0 aliphatic heterocycles. The van der Waals surface area contributed by atoms with E-state index in [1.165, 1.54) is 12.1 Å². The van der Waals surface area contributed by atoms with Crippen LogP contribution in [0.2, 0.25) is 0 Å². The van der Waals surface area contributed by atoms with Gasteiger partial charge in [-0.15, -0.1) is 0 Å². The van der Waals surface area contributed by atoms with Crippen molar-refractivity contribution in [2.75, 3.05) is 13.2 Å². The Morgan fingerprint density at radius 2 is 1.84 bits per heavy atom. The lowest BCUT2D eigenvalue weighted by Gasteiger charge is -2.06. The van der Waals surface area contributed by atoms with Gasteiger partial charge in [-0.2, -0.15) is 0 Å². The summed E-state index contributed by atoms with van der Waals surface area (Å²) in [5.41, 5.74) is 0.542. The first-order valence-corrected chi connectivity index (χ1v) is 6.19. The smallest absolute Gasteiger partial charge is 0.341 e. The fourth-order valence-corrected chi connectivity index (χ4v) is 1.57. The summed E-state index contributed by atoms with van der Waals surface area (Å²) in [6.45, 7) is 3.91. The van der Waals surface area contributed by atoms with E-state index in [-0.39, 0.29) is 24.6 Å². The van der Waals surface area contributed by atoms with Crippen LogP contribution >= 0.6 is 0 Å². The van der Waals surface area contributed by atoms with Crippen molar-refractivity contribution in [2.45, 2.75) is 26.7 Å². The molecule has 0 radical (unpaired) electrons. The molecule has 0 saturated carbocycles. The van der Waals surface area contributed by atoms with Gasteiger partial charge in [0.2, 0.25) is 0 Å². The third kappa shape index (κ3) is 4.69. The highest BCUT2D eigenvalue weighted by Gasteiger charge is 2.13. The molecule has 0 saturated heterocycles. The number of hydrogen-bond donors (Lipinski definition) is 0. The number of rotatable bonds is 6. The van der Waals surface area contributed by atoms with E-state index < -0.39 is 11.8 Å². The summed E-state index contributed by atoms with van der Waals surface area (Å²) in [5, 5.41) is 0. The maximum absolute atomic E-state index is 13.7. The minimum atomic E-state index is -0.683. The Morgan fingerprint density at radius 3 is 2.42 bits per heavy atom. The summed E-state index contributed by atoms with van der Waals surface area (Å²) in [5.74, 6) is -1.64. The summed E-state index contributed by atoms with van der Waals surface area (Å²) in [6.07, 6.45) is 0.560. The maximum atomic E-state index is 13.7. The van der Waals surface area contributed by atoms with Gasteiger partial charge in [0.15, 0.2) is 0 Å². The second-order valence-electron chi connectivity index (χ2n) is 3.84. The number of ether oxygens (including phenoxy) is 2. The Kier molecular flexibility index (Phi) is 5.99. The molecule has 0 unspecified atom stereocenters. The summed E-state index contributed by atoms with van der Waals surface area (Å²) in [6, 6.07) is 4.22. The Hall–Kier alpha value is -1.91. The lowest BCUT2D eigenvalue weighted by molar-refractivity contribution is -0.143. The Morgan fingerprint density at radius 1 is 1.16 bits per heavy atom. The number of carbonyl (C=O) groups excluding carboxylic acids is 2. The molecule has 1 aromatic rings. The van der Waals surface area contributed by atoms with Gasteiger partial charge in [0.05, 0.1) is 18.8 Å². The van der Waals surface area contributed by atoms with Crippen molar-refractivity contribution in [3.8, 4) is 0 Å². The SMILES string of the molecule is CCOC(=O)CCc1ccc(C(=O)OCC)c(F)c1. The molecule has 0 bridgehead atoms. The molecular weight excluding hydrogens is 251 g/mol. The van der Waals surface area contributed by atoms with Gasteiger partial charge >= 0.3 is 11.9 Å². The normalized spacial score (nSPS) is 10.1. The molecule has 0 fully saturated rings. The Labute approximate surface area is 111 Å². The van der Waals surface area contributed by atoms with Crippen molar-refractivity contribution in [2.24, 2.45) is 0 Å². The number of esters is 2. The van der Waals surface area contributed by atoms with Gasteiger partial charge in [-0.25, -0.2) is 9.18 Å². The molecule has 5 heteroatoms. The minimum absolute atomic E-state index is 0.0956. The van der Waals surface area contributed by atoms with Crippen molar-refractivity contribution in [1.29, 1.82) is 0 Å². The fourth-order valence-electron chi connectivity index (χ4n) is 1.57. The summed E-state index contributed by atoms with van der Waals surface area (Å²) in [7, 11) is 0. The van der Waals surface area contributed by atoms with Crippen LogP contribution in [0.1, 0.15) is 36.2 Å². The predicted molar refractivity (Wildman–Crippen MR) is 67.3 cm³/mol. The average Bonchev–Trinajstić information content (AvgIpc) is 2.37. The minimum Gasteiger partial charge on any atom is -0.466 e. The Bertz CT molecular complexity index is 457. The largest absolute Gasteiger partial charge is 0.466 e. The second kappa shape index (κ2) is 7.51. The van der Waals surface area contributed by atoms with Crippen molar-refractivity contribution in [1.82, 2.24) is 0 Å². The van der Waals surface area contributed by atoms with Gasteiger partial charge in [-0.05, 0) is 38.0 Å². The van der Waals surface area contributed by atoms with E-state index >= 15 is 0 Å². The number of benzene rings is 1. The molecule has 104 valence electrons. The van der Waals surface area contributed by atoms with E-state index in [9.17, 15) is 14.0 Å². The molecule has 0 aliphatic carbocycles. The van der Waals surface area contributed by atoms with Crippen LogP contribution in [0.3, 0.4) is 0 Å². The van der Waals surface area contributed by atoms with Crippen molar-refractivity contribution < 1.29 is 23.5 Å². The Balaban J connectivity index is 2.66. The zero-order valence-electron chi connectivity index (χ0n) is 11.1. The van der Waals surface area contributed by atoms with Crippen LogP contribution in [0, 0.1) is 5.82 Å². The number of hydrogen-bond acceptors (Lipinski definition) is 4. The van der Waals surface area contributed by atoms with Gasteiger partial charge in [0.1, 0.15) is 5.82 Å². The second-order valence-corrected chi connectivity index (χ2v) is 3.84. The maximum Gasteiger partial charge on any atom is 0.341 e. The molecule has 0 N–H and O–H groups in total. The van der Waals surface area contributed by atoms with E-state index in [0.717, 1.165) is 0 Å². The fraction of sp³-hybridized carbons (Fsp3) is 0.429. The van der Waals surface area contributed by atoms with E-state index in [1.807, 2.05) is 0 Å². The molecule has 0 aromatic heterocycles. The average molecular weight is 268 g/mol. The lowest BCUT2D eigenvalue weighted by atomic mass is 10.1. The highest BCUT2D eigenvalue weighted by atomic mass is 19.1. The van der Waals surface area contributed by atoms with Crippen LogP contribution in [0.4, 0.5) is 4.39 Å². The molecule has 0 amide bonds. The standard InChI is InChI=1S/C14H17FO4/c1-3-18-13(16)8-6-10-5-7-11(12(15)9-10)14(17)19-4-2/h5,7,9H,3-4,6,8H2,1-2H3. The van der Waals surface area contributed by atoms with Crippen LogP contribution in [-0.2, 0) is 20.7 Å². The topological polar surface area (TPSA) is 52.6 Å². The van der Waals surface area contributed by atoms with Crippen LogP contribution in [0.25, 0.3) is 0 Å². The first-order valence-electron chi connectivity index (χ1n) is 6.19. The number of aryl methyl sites for hydroxylation is 1. The van der Waals surface area contributed by atoms with E-state index in [0.29, 0.717) is 18.6 Å². The van der Waals surface area contributed by atoms with Gasteiger partial charge in [-0.1, -0.05) is 6.07 Å². The van der Waals surface area contributed by atoms with Gasteiger partial charge < -0.3 is 9.47 Å². The third-order valence-corrected chi connectivity index (χ3v) is 2.45. The molecular formula is C14H17FO4. The van der Waals surface area contributed by atoms with Crippen molar-refractivity contribution >= 4 is 11.9 Å². The number of halogens is 1. The van der Waals surface area contributed by atoms with Crippen LogP contribution in [0.15, 0.2) is 18.2 Å². The van der Waals surface area contributed by atoms with Crippen LogP contribution < -0.4 is 0 Å². The van der Waals surface area contributed by atoms with Crippen LogP contribution in [-0.4, -0.2) is 25.2 Å². The van der Waals surface area contributed by atoms with Crippen molar-refractivity contribution in [3.05, 3.63) is 35.1 Å². The summed E-state index contributed by atoms with van der Waals surface area (Å²) < 4.78 is 23.2. The number of carbonyl (C=O) groups is 2. The van der Waals surface area contributed by atoms with Gasteiger partial charge in [-0.3, -0.25) is 4.79 Å².